The maximum Gasteiger partial charge on any atom is 0.238 e. The fourth-order valence-corrected chi connectivity index (χ4v) is 1.66. The van der Waals surface area contributed by atoms with Crippen molar-refractivity contribution in [2.24, 2.45) is 5.92 Å². The molecular formula is C8H14F2. The zero-order chi connectivity index (χ0) is 7.40. The Morgan fingerprint density at radius 1 is 1.20 bits per heavy atom. The first-order valence-corrected chi connectivity index (χ1v) is 4.07. The first-order chi connectivity index (χ1) is 4.79. The molecule has 1 fully saturated rings. The van der Waals surface area contributed by atoms with Crippen LogP contribution in [-0.2, 0) is 0 Å². The van der Waals surface area contributed by atoms with Crippen LogP contribution in [0.5, 0.6) is 0 Å². The van der Waals surface area contributed by atoms with E-state index in [1.165, 1.54) is 25.7 Å². The molecule has 0 aliphatic heterocycles. The average Bonchev–Trinajstić information content (AvgIpc) is 2.34. The van der Waals surface area contributed by atoms with E-state index in [4.69, 9.17) is 0 Å². The third-order valence-corrected chi connectivity index (χ3v) is 2.27. The predicted octanol–water partition coefficient (Wildman–Crippen LogP) is 3.22. The van der Waals surface area contributed by atoms with Crippen LogP contribution in [0.1, 0.15) is 38.5 Å². The molecule has 1 rings (SSSR count). The summed E-state index contributed by atoms with van der Waals surface area (Å²) in [6, 6.07) is 0. The fourth-order valence-electron chi connectivity index (χ4n) is 1.66. The largest absolute Gasteiger partial charge is 0.238 e. The third kappa shape index (κ3) is 2.63. The Hall–Kier alpha value is -0.140. The summed E-state index contributed by atoms with van der Waals surface area (Å²) in [5.74, 6) is 0.619. The second-order valence-electron chi connectivity index (χ2n) is 3.12. The molecule has 0 heterocycles. The number of hydrogen-bond donors (Lipinski definition) is 0. The third-order valence-electron chi connectivity index (χ3n) is 2.27. The van der Waals surface area contributed by atoms with Gasteiger partial charge in [0.2, 0.25) is 6.43 Å². The zero-order valence-corrected chi connectivity index (χ0v) is 6.15. The summed E-state index contributed by atoms with van der Waals surface area (Å²) in [6.45, 7) is 0. The molecule has 0 saturated heterocycles. The molecule has 0 bridgehead atoms. The minimum absolute atomic E-state index is 0.116. The Kier molecular flexibility index (Phi) is 3.10. The maximum atomic E-state index is 11.7. The van der Waals surface area contributed by atoms with Gasteiger partial charge in [-0.1, -0.05) is 25.7 Å². The maximum absolute atomic E-state index is 11.7. The van der Waals surface area contributed by atoms with Gasteiger partial charge in [0.05, 0.1) is 0 Å². The number of hydrogen-bond acceptors (Lipinski definition) is 0. The van der Waals surface area contributed by atoms with Gasteiger partial charge < -0.3 is 0 Å². The van der Waals surface area contributed by atoms with Crippen molar-refractivity contribution in [3.63, 3.8) is 0 Å². The molecule has 0 nitrogen and oxygen atoms in total. The Bertz CT molecular complexity index is 85.3. The van der Waals surface area contributed by atoms with Crippen LogP contribution in [0.2, 0.25) is 0 Å². The number of halogens is 2. The molecule has 0 aromatic carbocycles. The van der Waals surface area contributed by atoms with Gasteiger partial charge in [-0.05, 0) is 12.3 Å². The van der Waals surface area contributed by atoms with E-state index in [2.05, 4.69) is 0 Å². The topological polar surface area (TPSA) is 0 Å². The summed E-state index contributed by atoms with van der Waals surface area (Å²) in [4.78, 5) is 0. The molecule has 0 atom stereocenters. The first-order valence-electron chi connectivity index (χ1n) is 4.07. The molecule has 0 N–H and O–H groups in total. The quantitative estimate of drug-likeness (QED) is 0.576. The lowest BCUT2D eigenvalue weighted by molar-refractivity contribution is 0.128. The lowest BCUT2D eigenvalue weighted by atomic mass is 10.0. The van der Waals surface area contributed by atoms with E-state index in [1.807, 2.05) is 0 Å². The van der Waals surface area contributed by atoms with Crippen LogP contribution < -0.4 is 0 Å². The van der Waals surface area contributed by atoms with Crippen LogP contribution in [0.15, 0.2) is 0 Å². The standard InChI is InChI=1S/C8H14F2/c9-8(10)6-5-7-3-1-2-4-7/h7-8H,1-6H2. The van der Waals surface area contributed by atoms with E-state index in [0.717, 1.165) is 6.42 Å². The molecule has 0 spiro atoms. The highest BCUT2D eigenvalue weighted by Crippen LogP contribution is 2.29. The second kappa shape index (κ2) is 3.89. The van der Waals surface area contributed by atoms with Gasteiger partial charge in [0, 0.05) is 6.42 Å². The molecule has 1 aliphatic rings. The van der Waals surface area contributed by atoms with E-state index in [1.54, 1.807) is 0 Å². The Morgan fingerprint density at radius 2 is 1.80 bits per heavy atom. The van der Waals surface area contributed by atoms with E-state index in [-0.39, 0.29) is 6.42 Å². The lowest BCUT2D eigenvalue weighted by Crippen LogP contribution is -1.97. The highest BCUT2D eigenvalue weighted by atomic mass is 19.3. The minimum atomic E-state index is -2.08. The van der Waals surface area contributed by atoms with Gasteiger partial charge in [0.1, 0.15) is 0 Å². The summed E-state index contributed by atoms with van der Waals surface area (Å²) in [7, 11) is 0. The summed E-state index contributed by atoms with van der Waals surface area (Å²) >= 11 is 0. The molecule has 2 heteroatoms. The van der Waals surface area contributed by atoms with Crippen molar-refractivity contribution < 1.29 is 8.78 Å². The summed E-state index contributed by atoms with van der Waals surface area (Å²) in [6.07, 6.45) is 3.67. The lowest BCUT2D eigenvalue weighted by Gasteiger charge is -2.06. The molecule has 1 aliphatic carbocycles. The highest BCUT2D eigenvalue weighted by Gasteiger charge is 2.16. The molecule has 10 heavy (non-hydrogen) atoms. The summed E-state index contributed by atoms with van der Waals surface area (Å²) < 4.78 is 23.4. The van der Waals surface area contributed by atoms with Crippen molar-refractivity contribution in [3.05, 3.63) is 0 Å². The molecular weight excluding hydrogens is 134 g/mol. The number of alkyl halides is 2. The smallest absolute Gasteiger partial charge is 0.211 e. The molecule has 60 valence electrons. The Balaban J connectivity index is 2.01. The van der Waals surface area contributed by atoms with Crippen LogP contribution >= 0.6 is 0 Å². The molecule has 1 saturated carbocycles. The van der Waals surface area contributed by atoms with Gasteiger partial charge in [-0.2, -0.15) is 0 Å². The van der Waals surface area contributed by atoms with Crippen LogP contribution in [-0.4, -0.2) is 6.43 Å². The second-order valence-corrected chi connectivity index (χ2v) is 3.12. The van der Waals surface area contributed by atoms with E-state index < -0.39 is 6.43 Å². The van der Waals surface area contributed by atoms with Crippen molar-refractivity contribution >= 4 is 0 Å². The normalized spacial score (nSPS) is 20.7. The molecule has 0 unspecified atom stereocenters. The van der Waals surface area contributed by atoms with Gasteiger partial charge in [-0.15, -0.1) is 0 Å². The van der Waals surface area contributed by atoms with E-state index >= 15 is 0 Å². The van der Waals surface area contributed by atoms with Gasteiger partial charge in [0.15, 0.2) is 0 Å². The first kappa shape index (κ1) is 7.96. The zero-order valence-electron chi connectivity index (χ0n) is 6.15. The summed E-state index contributed by atoms with van der Waals surface area (Å²) in [5.41, 5.74) is 0. The van der Waals surface area contributed by atoms with E-state index in [0.29, 0.717) is 5.92 Å². The molecule has 0 aromatic heterocycles. The van der Waals surface area contributed by atoms with Crippen LogP contribution in [0.25, 0.3) is 0 Å². The molecule has 0 radical (unpaired) electrons. The Morgan fingerprint density at radius 3 is 2.30 bits per heavy atom. The van der Waals surface area contributed by atoms with Crippen molar-refractivity contribution in [3.8, 4) is 0 Å². The molecule has 0 aromatic rings. The van der Waals surface area contributed by atoms with Gasteiger partial charge in [-0.25, -0.2) is 8.78 Å². The summed E-state index contributed by atoms with van der Waals surface area (Å²) in [5, 5.41) is 0. The van der Waals surface area contributed by atoms with Crippen molar-refractivity contribution in [1.82, 2.24) is 0 Å². The van der Waals surface area contributed by atoms with Gasteiger partial charge in [-0.3, -0.25) is 0 Å². The van der Waals surface area contributed by atoms with Crippen LogP contribution in [0, 0.1) is 5.92 Å². The Labute approximate surface area is 60.6 Å². The van der Waals surface area contributed by atoms with Crippen molar-refractivity contribution in [1.29, 1.82) is 0 Å². The van der Waals surface area contributed by atoms with Crippen molar-refractivity contribution in [2.75, 3.05) is 0 Å². The van der Waals surface area contributed by atoms with E-state index in [9.17, 15) is 8.78 Å². The van der Waals surface area contributed by atoms with Gasteiger partial charge >= 0.3 is 0 Å². The average molecular weight is 148 g/mol. The highest BCUT2D eigenvalue weighted by molar-refractivity contribution is 4.67. The van der Waals surface area contributed by atoms with Crippen LogP contribution in [0.3, 0.4) is 0 Å². The molecule has 0 amide bonds. The number of rotatable bonds is 3. The SMILES string of the molecule is FC(F)CCC1CCCC1. The van der Waals surface area contributed by atoms with Crippen LogP contribution in [0.4, 0.5) is 8.78 Å². The monoisotopic (exact) mass is 148 g/mol. The van der Waals surface area contributed by atoms with Gasteiger partial charge in [0.25, 0.3) is 0 Å². The van der Waals surface area contributed by atoms with Crippen molar-refractivity contribution in [2.45, 2.75) is 45.0 Å². The predicted molar refractivity (Wildman–Crippen MR) is 37.2 cm³/mol. The fraction of sp³-hybridized carbons (Fsp3) is 1.00. The minimum Gasteiger partial charge on any atom is -0.211 e.